The van der Waals surface area contributed by atoms with Crippen molar-refractivity contribution in [2.24, 2.45) is 0 Å². The minimum absolute atomic E-state index is 0.0973. The van der Waals surface area contributed by atoms with E-state index in [0.717, 1.165) is 15.3 Å². The molecule has 0 saturated carbocycles. The predicted molar refractivity (Wildman–Crippen MR) is 87.7 cm³/mol. The molecule has 1 saturated heterocycles. The molecule has 0 spiro atoms. The molecule has 1 aliphatic heterocycles. The van der Waals surface area contributed by atoms with Crippen molar-refractivity contribution in [3.8, 4) is 0 Å². The molecule has 0 aliphatic carbocycles. The van der Waals surface area contributed by atoms with Gasteiger partial charge in [0.2, 0.25) is 0 Å². The van der Waals surface area contributed by atoms with Crippen molar-refractivity contribution in [3.05, 3.63) is 25.6 Å². The number of sulfone groups is 1. The molecule has 1 fully saturated rings. The van der Waals surface area contributed by atoms with Crippen LogP contribution in [0.3, 0.4) is 0 Å². The molecule has 3 rings (SSSR count). The first-order valence-corrected chi connectivity index (χ1v) is 9.80. The van der Waals surface area contributed by atoms with E-state index in [1.54, 1.807) is 4.57 Å². The Bertz CT molecular complexity index is 920. The van der Waals surface area contributed by atoms with Gasteiger partial charge in [-0.15, -0.1) is 11.3 Å². The number of hydrogen-bond acceptors (Lipinski definition) is 5. The van der Waals surface area contributed by atoms with Crippen molar-refractivity contribution in [2.45, 2.75) is 32.7 Å². The molecular weight excluding hydrogens is 328 g/mol. The summed E-state index contributed by atoms with van der Waals surface area (Å²) in [5.41, 5.74) is 0.878. The van der Waals surface area contributed by atoms with Crippen LogP contribution in [0, 0.1) is 18.6 Å². The van der Waals surface area contributed by atoms with Crippen molar-refractivity contribution < 1.29 is 8.42 Å². The highest BCUT2D eigenvalue weighted by molar-refractivity contribution is 7.91. The molecule has 3 heterocycles. The Labute approximate surface area is 131 Å². The van der Waals surface area contributed by atoms with Crippen molar-refractivity contribution in [1.29, 1.82) is 0 Å². The molecule has 8 heteroatoms. The van der Waals surface area contributed by atoms with Crippen LogP contribution >= 0.6 is 23.6 Å². The van der Waals surface area contributed by atoms with Gasteiger partial charge >= 0.3 is 0 Å². The number of H-pyrrole nitrogens is 1. The number of rotatable bonds is 1. The summed E-state index contributed by atoms with van der Waals surface area (Å²) in [6, 6.07) is -0.131. The third-order valence-electron chi connectivity index (χ3n) is 4.15. The van der Waals surface area contributed by atoms with Gasteiger partial charge < -0.3 is 4.98 Å². The fourth-order valence-corrected chi connectivity index (χ4v) is 5.73. The lowest BCUT2D eigenvalue weighted by atomic mass is 10.1. The molecular formula is C13H16N2O3S3. The largest absolute Gasteiger partial charge is 0.323 e. The molecule has 2 aromatic rings. The Morgan fingerprint density at radius 3 is 2.52 bits per heavy atom. The Kier molecular flexibility index (Phi) is 3.58. The maximum absolute atomic E-state index is 12.8. The zero-order chi connectivity index (χ0) is 15.4. The van der Waals surface area contributed by atoms with Crippen LogP contribution < -0.4 is 5.56 Å². The molecule has 0 bridgehead atoms. The van der Waals surface area contributed by atoms with Crippen molar-refractivity contribution in [1.82, 2.24) is 9.55 Å². The zero-order valence-electron chi connectivity index (χ0n) is 11.8. The molecule has 0 unspecified atom stereocenters. The van der Waals surface area contributed by atoms with Gasteiger partial charge in [0.05, 0.1) is 16.9 Å². The van der Waals surface area contributed by atoms with E-state index < -0.39 is 9.84 Å². The summed E-state index contributed by atoms with van der Waals surface area (Å²) < 4.78 is 25.1. The second kappa shape index (κ2) is 5.03. The lowest BCUT2D eigenvalue weighted by Crippen LogP contribution is -2.32. The average molecular weight is 344 g/mol. The van der Waals surface area contributed by atoms with Gasteiger partial charge in [-0.25, -0.2) is 8.42 Å². The average Bonchev–Trinajstić information content (AvgIpc) is 2.67. The van der Waals surface area contributed by atoms with Gasteiger partial charge in [-0.1, -0.05) is 0 Å². The number of thiophene rings is 1. The number of aromatic amines is 1. The smallest absolute Gasteiger partial charge is 0.263 e. The number of hydrogen-bond donors (Lipinski definition) is 1. The van der Waals surface area contributed by atoms with Crippen molar-refractivity contribution in [2.75, 3.05) is 11.5 Å². The number of aryl methyl sites for hydroxylation is 2. The van der Waals surface area contributed by atoms with E-state index in [4.69, 9.17) is 12.2 Å². The third-order valence-corrected chi connectivity index (χ3v) is 7.28. The molecule has 0 amide bonds. The summed E-state index contributed by atoms with van der Waals surface area (Å²) in [7, 11) is -2.95. The minimum Gasteiger partial charge on any atom is -0.323 e. The summed E-state index contributed by atoms with van der Waals surface area (Å²) in [4.78, 5) is 17.8. The first-order valence-electron chi connectivity index (χ1n) is 6.75. The lowest BCUT2D eigenvalue weighted by molar-refractivity contribution is 0.432. The third kappa shape index (κ3) is 2.49. The Balaban J connectivity index is 2.18. The lowest BCUT2D eigenvalue weighted by Gasteiger charge is -2.24. The minimum atomic E-state index is -2.95. The van der Waals surface area contributed by atoms with E-state index in [1.807, 2.05) is 13.8 Å². The van der Waals surface area contributed by atoms with Crippen LogP contribution in [0.25, 0.3) is 10.2 Å². The van der Waals surface area contributed by atoms with E-state index in [2.05, 4.69) is 4.98 Å². The van der Waals surface area contributed by atoms with E-state index in [0.29, 0.717) is 23.0 Å². The van der Waals surface area contributed by atoms with Gasteiger partial charge in [-0.3, -0.25) is 9.36 Å². The molecule has 1 aliphatic rings. The second-order valence-corrected chi connectivity index (χ2v) is 9.39. The molecule has 1 N–H and O–H groups in total. The molecule has 21 heavy (non-hydrogen) atoms. The number of nitrogens with one attached hydrogen (secondary N) is 1. The first-order chi connectivity index (χ1) is 9.80. The molecule has 114 valence electrons. The van der Waals surface area contributed by atoms with Crippen LogP contribution in [0.4, 0.5) is 0 Å². The Morgan fingerprint density at radius 2 is 1.90 bits per heavy atom. The molecule has 5 nitrogen and oxygen atoms in total. The van der Waals surface area contributed by atoms with Crippen LogP contribution in [0.1, 0.15) is 29.3 Å². The highest BCUT2D eigenvalue weighted by atomic mass is 32.2. The number of fused-ring (bicyclic) bond motifs is 1. The van der Waals surface area contributed by atoms with Crippen LogP contribution in [0.15, 0.2) is 4.79 Å². The molecule has 2 aromatic heterocycles. The SMILES string of the molecule is Cc1sc2[nH]c(=S)n(C3CCS(=O)(=O)CC3)c(=O)c2c1C. The summed E-state index contributed by atoms with van der Waals surface area (Å²) >= 11 is 6.85. The maximum atomic E-state index is 12.8. The van der Waals surface area contributed by atoms with E-state index in [1.165, 1.54) is 11.3 Å². The standard InChI is InChI=1S/C13H16N2O3S3/c1-7-8(2)20-11-10(7)12(16)15(13(19)14-11)9-3-5-21(17,18)6-4-9/h9H,3-6H2,1-2H3,(H,14,19). The van der Waals surface area contributed by atoms with Crippen LogP contribution in [-0.4, -0.2) is 29.5 Å². The summed E-state index contributed by atoms with van der Waals surface area (Å²) in [5.74, 6) is 0.247. The summed E-state index contributed by atoms with van der Waals surface area (Å²) in [5, 5.41) is 0.680. The van der Waals surface area contributed by atoms with Crippen molar-refractivity contribution in [3.63, 3.8) is 0 Å². The fourth-order valence-electron chi connectivity index (χ4n) is 2.81. The van der Waals surface area contributed by atoms with E-state index in [9.17, 15) is 13.2 Å². The first kappa shape index (κ1) is 14.9. The zero-order valence-corrected chi connectivity index (χ0v) is 14.3. The van der Waals surface area contributed by atoms with Gasteiger partial charge in [-0.05, 0) is 44.5 Å². The van der Waals surface area contributed by atoms with Gasteiger partial charge in [0, 0.05) is 10.9 Å². The maximum Gasteiger partial charge on any atom is 0.263 e. The second-order valence-electron chi connectivity index (χ2n) is 5.48. The van der Waals surface area contributed by atoms with Crippen molar-refractivity contribution >= 4 is 43.6 Å². The Hall–Kier alpha value is -0.990. The highest BCUT2D eigenvalue weighted by Gasteiger charge is 2.27. The normalized spacial score (nSPS) is 19.1. The summed E-state index contributed by atoms with van der Waals surface area (Å²) in [6.45, 7) is 3.91. The van der Waals surface area contributed by atoms with Crippen LogP contribution in [-0.2, 0) is 9.84 Å². The Morgan fingerprint density at radius 1 is 1.29 bits per heavy atom. The van der Waals surface area contributed by atoms with E-state index in [-0.39, 0.29) is 23.1 Å². The number of aromatic nitrogens is 2. The predicted octanol–water partition coefficient (Wildman–Crippen LogP) is 2.49. The van der Waals surface area contributed by atoms with Crippen LogP contribution in [0.2, 0.25) is 0 Å². The molecule has 0 aromatic carbocycles. The fraction of sp³-hybridized carbons (Fsp3) is 0.538. The van der Waals surface area contributed by atoms with E-state index >= 15 is 0 Å². The quantitative estimate of drug-likeness (QED) is 0.807. The van der Waals surface area contributed by atoms with Crippen LogP contribution in [0.5, 0.6) is 0 Å². The van der Waals surface area contributed by atoms with Gasteiger partial charge in [0.1, 0.15) is 14.7 Å². The topological polar surface area (TPSA) is 71.9 Å². The number of nitrogens with zero attached hydrogens (tertiary/aromatic N) is 1. The molecule has 0 radical (unpaired) electrons. The van der Waals surface area contributed by atoms with Gasteiger partial charge in [0.25, 0.3) is 5.56 Å². The monoisotopic (exact) mass is 344 g/mol. The molecule has 0 atom stereocenters. The summed E-state index contributed by atoms with van der Waals surface area (Å²) in [6.07, 6.45) is 0.904. The van der Waals surface area contributed by atoms with Gasteiger partial charge in [-0.2, -0.15) is 0 Å². The van der Waals surface area contributed by atoms with Gasteiger partial charge in [0.15, 0.2) is 4.77 Å². The highest BCUT2D eigenvalue weighted by Crippen LogP contribution is 2.28.